The zero-order valence-electron chi connectivity index (χ0n) is 17.5. The maximum atomic E-state index is 13.8. The number of aliphatic imine (C=N–C) groups is 1. The molecule has 3 heterocycles. The first kappa shape index (κ1) is 22.1. The largest absolute Gasteiger partial charge is 0.361 e. The first-order valence-electron chi connectivity index (χ1n) is 10.3. The molecule has 0 radical (unpaired) electrons. The normalized spacial score (nSPS) is 24.2. The topological polar surface area (TPSA) is 42.7 Å². The Morgan fingerprint density at radius 2 is 2.26 bits per heavy atom. The molecule has 1 aromatic rings. The Labute approximate surface area is 190 Å². The predicted molar refractivity (Wildman–Crippen MR) is 125 cm³/mol. The molecule has 1 aromatic carbocycles. The van der Waals surface area contributed by atoms with Crippen LogP contribution in [0.3, 0.4) is 0 Å². The number of rotatable bonds is 6. The highest BCUT2D eigenvalue weighted by atomic mass is 35.5. The quantitative estimate of drug-likeness (QED) is 0.521. The average molecular weight is 463 g/mol. The van der Waals surface area contributed by atoms with Gasteiger partial charge in [-0.1, -0.05) is 35.5 Å². The van der Waals surface area contributed by atoms with Gasteiger partial charge in [0, 0.05) is 41.6 Å². The minimum atomic E-state index is -0.967. The Morgan fingerprint density at radius 1 is 1.45 bits per heavy atom. The lowest BCUT2D eigenvalue weighted by Gasteiger charge is -2.37. The summed E-state index contributed by atoms with van der Waals surface area (Å²) in [5.41, 5.74) is 2.78. The highest BCUT2D eigenvalue weighted by molar-refractivity contribution is 8.03. The van der Waals surface area contributed by atoms with E-state index in [1.807, 2.05) is 18.7 Å². The van der Waals surface area contributed by atoms with E-state index in [4.69, 9.17) is 22.0 Å². The van der Waals surface area contributed by atoms with Crippen molar-refractivity contribution in [2.75, 3.05) is 13.6 Å². The van der Waals surface area contributed by atoms with Crippen LogP contribution in [-0.4, -0.2) is 46.5 Å². The molecule has 164 valence electrons. The van der Waals surface area contributed by atoms with Gasteiger partial charge in [0.1, 0.15) is 29.2 Å². The number of nitrogens with zero attached hydrogens (tertiary/aromatic N) is 3. The van der Waals surface area contributed by atoms with Crippen molar-refractivity contribution in [2.45, 2.75) is 43.8 Å². The molecule has 0 aliphatic carbocycles. The summed E-state index contributed by atoms with van der Waals surface area (Å²) in [6, 6.07) is 3.81. The Balaban J connectivity index is 1.80. The number of nitrogens with one attached hydrogen (secondary N) is 1. The Morgan fingerprint density at radius 3 is 2.94 bits per heavy atom. The van der Waals surface area contributed by atoms with Gasteiger partial charge in [-0.3, -0.25) is 4.99 Å². The fourth-order valence-corrected chi connectivity index (χ4v) is 5.42. The van der Waals surface area contributed by atoms with Crippen molar-refractivity contribution < 1.29 is 8.78 Å². The second-order valence-electron chi connectivity index (χ2n) is 7.94. The van der Waals surface area contributed by atoms with Gasteiger partial charge in [0.15, 0.2) is 0 Å². The Kier molecular flexibility index (Phi) is 6.53. The highest BCUT2D eigenvalue weighted by Crippen LogP contribution is 2.43. The zero-order valence-corrected chi connectivity index (χ0v) is 19.1. The first-order chi connectivity index (χ1) is 14.9. The number of fused-ring (bicyclic) bond motifs is 1. The molecule has 3 aliphatic rings. The van der Waals surface area contributed by atoms with E-state index >= 15 is 0 Å². The van der Waals surface area contributed by atoms with Crippen LogP contribution in [0.15, 0.2) is 58.2 Å². The molecule has 1 fully saturated rings. The van der Waals surface area contributed by atoms with Gasteiger partial charge >= 0.3 is 0 Å². The van der Waals surface area contributed by atoms with Crippen LogP contribution in [0.5, 0.6) is 0 Å². The summed E-state index contributed by atoms with van der Waals surface area (Å²) < 4.78 is 27.0. The maximum absolute atomic E-state index is 13.8. The number of amidine groups is 1. The van der Waals surface area contributed by atoms with E-state index in [-0.39, 0.29) is 16.8 Å². The molecule has 1 N–H and O–H groups in total. The van der Waals surface area contributed by atoms with E-state index in [1.165, 1.54) is 19.1 Å². The molecule has 2 unspecified atom stereocenters. The van der Waals surface area contributed by atoms with Crippen molar-refractivity contribution in [1.82, 2.24) is 9.80 Å². The predicted octanol–water partition coefficient (Wildman–Crippen LogP) is 6.08. The Hall–Kier alpha value is -2.12. The third kappa shape index (κ3) is 4.44. The Bertz CT molecular complexity index is 1000. The minimum absolute atomic E-state index is 0.0356. The lowest BCUT2D eigenvalue weighted by Crippen LogP contribution is -2.43. The number of hydrogen-bond acceptors (Lipinski definition) is 5. The first-order valence-corrected chi connectivity index (χ1v) is 11.7. The molecule has 3 aliphatic heterocycles. The van der Waals surface area contributed by atoms with E-state index < -0.39 is 18.0 Å². The summed E-state index contributed by atoms with van der Waals surface area (Å²) in [4.78, 5) is 9.42. The van der Waals surface area contributed by atoms with Crippen LogP contribution in [0.2, 0.25) is 5.02 Å². The molecule has 31 heavy (non-hydrogen) atoms. The smallest absolute Gasteiger partial charge is 0.138 e. The van der Waals surface area contributed by atoms with Gasteiger partial charge in [-0.2, -0.15) is 0 Å². The van der Waals surface area contributed by atoms with Gasteiger partial charge in [-0.05, 0) is 49.8 Å². The second-order valence-corrected chi connectivity index (χ2v) is 9.34. The number of hydrogen-bond donors (Lipinski definition) is 1. The van der Waals surface area contributed by atoms with E-state index in [0.717, 1.165) is 36.5 Å². The van der Waals surface area contributed by atoms with E-state index in [1.54, 1.807) is 30.0 Å². The van der Waals surface area contributed by atoms with Crippen LogP contribution >= 0.6 is 23.4 Å². The van der Waals surface area contributed by atoms with Crippen LogP contribution in [0, 0.1) is 11.2 Å². The molecule has 3 atom stereocenters. The summed E-state index contributed by atoms with van der Waals surface area (Å²) in [6.07, 6.45) is 6.44. The molecular weight excluding hydrogens is 438 g/mol. The third-order valence-corrected chi connectivity index (χ3v) is 7.04. The maximum Gasteiger partial charge on any atom is 0.138 e. The zero-order chi connectivity index (χ0) is 22.1. The molecule has 0 amide bonds. The fraction of sp³-hybridized carbons (Fsp3) is 0.391. The number of benzene rings is 1. The third-order valence-electron chi connectivity index (χ3n) is 5.63. The number of thioether (sulfide) groups is 1. The number of likely N-dealkylation sites (N-methyl/N-ethyl adjacent to an activating group) is 1. The minimum Gasteiger partial charge on any atom is -0.361 e. The number of halogens is 3. The van der Waals surface area contributed by atoms with Crippen LogP contribution in [0.25, 0.3) is 0 Å². The van der Waals surface area contributed by atoms with Crippen molar-refractivity contribution in [2.24, 2.45) is 4.99 Å². The van der Waals surface area contributed by atoms with Crippen LogP contribution in [0.4, 0.5) is 8.78 Å². The highest BCUT2D eigenvalue weighted by Gasteiger charge is 2.40. The summed E-state index contributed by atoms with van der Waals surface area (Å²) in [5.74, 6) is 0.515. The van der Waals surface area contributed by atoms with Gasteiger partial charge in [-0.15, -0.1) is 0 Å². The average Bonchev–Trinajstić information content (AvgIpc) is 3.35. The van der Waals surface area contributed by atoms with E-state index in [0.29, 0.717) is 11.3 Å². The van der Waals surface area contributed by atoms with Gasteiger partial charge in [0.05, 0.1) is 5.71 Å². The van der Waals surface area contributed by atoms with E-state index in [9.17, 15) is 8.78 Å². The summed E-state index contributed by atoms with van der Waals surface area (Å²) in [7, 11) is 2.02. The number of alkyl halides is 1. The summed E-state index contributed by atoms with van der Waals surface area (Å²) in [6.45, 7) is 2.33. The lowest BCUT2D eigenvalue weighted by atomic mass is 9.90. The molecule has 0 saturated carbocycles. The van der Waals surface area contributed by atoms with Crippen molar-refractivity contribution in [1.29, 1.82) is 5.41 Å². The fourth-order valence-electron chi connectivity index (χ4n) is 4.17. The number of allylic oxidation sites excluding steroid dienone is 3. The monoisotopic (exact) mass is 462 g/mol. The van der Waals surface area contributed by atoms with Crippen molar-refractivity contribution in [3.8, 4) is 0 Å². The lowest BCUT2D eigenvalue weighted by molar-refractivity contribution is 0.365. The van der Waals surface area contributed by atoms with Gasteiger partial charge < -0.3 is 15.2 Å². The van der Waals surface area contributed by atoms with Gasteiger partial charge in [-0.25, -0.2) is 8.78 Å². The van der Waals surface area contributed by atoms with Crippen molar-refractivity contribution >= 4 is 34.9 Å². The summed E-state index contributed by atoms with van der Waals surface area (Å²) >= 11 is 8.13. The molecule has 0 bridgehead atoms. The molecular formula is C23H25ClF2N4S. The van der Waals surface area contributed by atoms with Crippen molar-refractivity contribution in [3.63, 3.8) is 0 Å². The van der Waals surface area contributed by atoms with Crippen LogP contribution < -0.4 is 0 Å². The molecule has 8 heteroatoms. The second kappa shape index (κ2) is 9.17. The SMILES string of the molecule is CC(F)C/C=C\C(=N)C1=C2CCCN2C(C2SC=CN2C)=N[C@H]1c1ccc(F)cc1Cl. The molecule has 4 rings (SSSR count). The van der Waals surface area contributed by atoms with Crippen molar-refractivity contribution in [3.05, 3.63) is 69.6 Å². The molecule has 1 saturated heterocycles. The van der Waals surface area contributed by atoms with Crippen LogP contribution in [-0.2, 0) is 0 Å². The molecule has 0 spiro atoms. The van der Waals surface area contributed by atoms with E-state index in [2.05, 4.69) is 9.80 Å². The summed E-state index contributed by atoms with van der Waals surface area (Å²) in [5, 5.41) is 11.1. The standard InChI is InChI=1S/C23H25ClF2N4S/c1-14(25)5-3-6-18(27)20-19-7-4-10-30(19)22(23-29(2)11-12-31-23)28-21(20)16-9-8-15(26)13-17(16)24/h3,6,8-9,11-14,21,23,27H,4-5,7,10H2,1-2H3/b6-3-,27-18?/t14?,21-,23?/m0/s1. The van der Waals surface area contributed by atoms with Gasteiger partial charge in [0.25, 0.3) is 0 Å². The van der Waals surface area contributed by atoms with Gasteiger partial charge in [0.2, 0.25) is 0 Å². The molecule has 0 aromatic heterocycles. The molecule has 4 nitrogen and oxygen atoms in total. The van der Waals surface area contributed by atoms with Crippen LogP contribution in [0.1, 0.15) is 37.8 Å².